The molecule has 3 aliphatic rings. The van der Waals surface area contributed by atoms with Crippen LogP contribution in [0, 0.1) is 23.7 Å². The van der Waals surface area contributed by atoms with Crippen LogP contribution in [-0.2, 0) is 14.3 Å². The Morgan fingerprint density at radius 3 is 2.74 bits per heavy atom. The SMILES string of the molecule is C=C1CC[C@H]2C(=C)CC[C@@H]3[C@H](OC(=O)[C@H]3COC)[C@@H]12. The molecule has 3 fully saturated rings. The van der Waals surface area contributed by atoms with Crippen LogP contribution in [0.2, 0.25) is 0 Å². The highest BCUT2D eigenvalue weighted by atomic mass is 16.6. The molecule has 3 rings (SSSR count). The molecule has 1 aliphatic heterocycles. The van der Waals surface area contributed by atoms with E-state index >= 15 is 0 Å². The van der Waals surface area contributed by atoms with Gasteiger partial charge in [0.25, 0.3) is 0 Å². The molecule has 19 heavy (non-hydrogen) atoms. The summed E-state index contributed by atoms with van der Waals surface area (Å²) in [5.74, 6) is 0.856. The Labute approximate surface area is 114 Å². The molecule has 0 aromatic rings. The summed E-state index contributed by atoms with van der Waals surface area (Å²) in [6.45, 7) is 8.93. The van der Waals surface area contributed by atoms with Gasteiger partial charge in [0.1, 0.15) is 6.10 Å². The number of methoxy groups -OCH3 is 1. The Morgan fingerprint density at radius 2 is 2.00 bits per heavy atom. The maximum atomic E-state index is 12.1. The standard InChI is InChI=1S/C16H22O3/c1-9-4-7-12-13(8-18-3)16(17)19-15(12)14-10(2)5-6-11(9)14/h11-15H,1-2,4-8H2,3H3/t11-,12-,13-,14-,15-/m0/s1. The second-order valence-electron chi connectivity index (χ2n) is 6.15. The van der Waals surface area contributed by atoms with Gasteiger partial charge in [-0.1, -0.05) is 24.3 Å². The van der Waals surface area contributed by atoms with E-state index in [0.29, 0.717) is 18.4 Å². The lowest BCUT2D eigenvalue weighted by Gasteiger charge is -2.26. The van der Waals surface area contributed by atoms with Crippen molar-refractivity contribution in [3.63, 3.8) is 0 Å². The molecule has 2 saturated carbocycles. The van der Waals surface area contributed by atoms with Crippen LogP contribution in [0.5, 0.6) is 0 Å². The molecule has 0 unspecified atom stereocenters. The molecule has 0 spiro atoms. The number of allylic oxidation sites excluding steroid dienone is 1. The molecule has 1 saturated heterocycles. The Bertz CT molecular complexity index is 426. The molecule has 5 atom stereocenters. The molecule has 0 aromatic carbocycles. The van der Waals surface area contributed by atoms with Crippen LogP contribution in [0.4, 0.5) is 0 Å². The topological polar surface area (TPSA) is 35.5 Å². The van der Waals surface area contributed by atoms with Crippen molar-refractivity contribution < 1.29 is 14.3 Å². The van der Waals surface area contributed by atoms with Crippen molar-refractivity contribution in [3.05, 3.63) is 24.3 Å². The lowest BCUT2D eigenvalue weighted by Crippen LogP contribution is -2.30. The summed E-state index contributed by atoms with van der Waals surface area (Å²) in [6, 6.07) is 0. The van der Waals surface area contributed by atoms with E-state index in [1.807, 2.05) is 0 Å². The third-order valence-electron chi connectivity index (χ3n) is 5.20. The predicted molar refractivity (Wildman–Crippen MR) is 72.5 cm³/mol. The van der Waals surface area contributed by atoms with Crippen molar-refractivity contribution in [2.75, 3.05) is 13.7 Å². The Morgan fingerprint density at radius 1 is 1.26 bits per heavy atom. The average molecular weight is 262 g/mol. The van der Waals surface area contributed by atoms with Crippen molar-refractivity contribution in [2.24, 2.45) is 23.7 Å². The molecular formula is C16H22O3. The maximum absolute atomic E-state index is 12.1. The first-order chi connectivity index (χ1) is 9.13. The van der Waals surface area contributed by atoms with Crippen molar-refractivity contribution in [3.8, 4) is 0 Å². The minimum atomic E-state index is -0.102. The smallest absolute Gasteiger partial charge is 0.312 e. The van der Waals surface area contributed by atoms with Gasteiger partial charge in [0.05, 0.1) is 12.5 Å². The van der Waals surface area contributed by atoms with E-state index in [0.717, 1.165) is 25.7 Å². The zero-order chi connectivity index (χ0) is 13.6. The Balaban J connectivity index is 1.91. The van der Waals surface area contributed by atoms with E-state index in [2.05, 4.69) is 13.2 Å². The second-order valence-corrected chi connectivity index (χ2v) is 6.15. The first-order valence-electron chi connectivity index (χ1n) is 7.18. The van der Waals surface area contributed by atoms with E-state index in [4.69, 9.17) is 9.47 Å². The van der Waals surface area contributed by atoms with E-state index in [1.165, 1.54) is 11.1 Å². The number of carbonyl (C=O) groups excluding carboxylic acids is 1. The maximum Gasteiger partial charge on any atom is 0.312 e. The van der Waals surface area contributed by atoms with Crippen LogP contribution < -0.4 is 0 Å². The van der Waals surface area contributed by atoms with Crippen molar-refractivity contribution in [1.29, 1.82) is 0 Å². The zero-order valence-corrected chi connectivity index (χ0v) is 11.6. The van der Waals surface area contributed by atoms with Gasteiger partial charge in [0, 0.05) is 18.9 Å². The van der Waals surface area contributed by atoms with Crippen LogP contribution >= 0.6 is 0 Å². The number of ether oxygens (including phenoxy) is 2. The minimum absolute atomic E-state index is 0.00639. The largest absolute Gasteiger partial charge is 0.461 e. The highest BCUT2D eigenvalue weighted by Crippen LogP contribution is 2.52. The van der Waals surface area contributed by atoms with Crippen LogP contribution in [0.3, 0.4) is 0 Å². The van der Waals surface area contributed by atoms with Gasteiger partial charge in [-0.2, -0.15) is 0 Å². The van der Waals surface area contributed by atoms with E-state index in [-0.39, 0.29) is 23.9 Å². The first-order valence-corrected chi connectivity index (χ1v) is 7.18. The third-order valence-corrected chi connectivity index (χ3v) is 5.20. The summed E-state index contributed by atoms with van der Waals surface area (Å²) < 4.78 is 10.9. The fourth-order valence-corrected chi connectivity index (χ4v) is 4.22. The molecule has 3 heteroatoms. The summed E-state index contributed by atoms with van der Waals surface area (Å²) in [6.07, 6.45) is 4.17. The van der Waals surface area contributed by atoms with E-state index < -0.39 is 0 Å². The summed E-state index contributed by atoms with van der Waals surface area (Å²) in [7, 11) is 1.65. The quantitative estimate of drug-likeness (QED) is 0.567. The van der Waals surface area contributed by atoms with Crippen LogP contribution in [-0.4, -0.2) is 25.8 Å². The fraction of sp³-hybridized carbons (Fsp3) is 0.688. The number of hydrogen-bond acceptors (Lipinski definition) is 3. The molecular weight excluding hydrogens is 240 g/mol. The summed E-state index contributed by atoms with van der Waals surface area (Å²) in [5.41, 5.74) is 2.57. The highest BCUT2D eigenvalue weighted by Gasteiger charge is 2.53. The molecule has 2 aliphatic carbocycles. The number of esters is 1. The molecule has 0 bridgehead atoms. The third kappa shape index (κ3) is 1.95. The fourth-order valence-electron chi connectivity index (χ4n) is 4.22. The van der Waals surface area contributed by atoms with Gasteiger partial charge >= 0.3 is 5.97 Å². The van der Waals surface area contributed by atoms with Gasteiger partial charge in [0.2, 0.25) is 0 Å². The molecule has 104 valence electrons. The zero-order valence-electron chi connectivity index (χ0n) is 11.6. The number of rotatable bonds is 2. The molecule has 3 nitrogen and oxygen atoms in total. The Hall–Kier alpha value is -1.09. The average Bonchev–Trinajstić information content (AvgIpc) is 2.85. The molecule has 0 N–H and O–H groups in total. The lowest BCUT2D eigenvalue weighted by molar-refractivity contribution is -0.146. The van der Waals surface area contributed by atoms with Crippen molar-refractivity contribution >= 4 is 5.97 Å². The number of hydrogen-bond donors (Lipinski definition) is 0. The first kappa shape index (κ1) is 12.9. The van der Waals surface area contributed by atoms with Crippen molar-refractivity contribution in [1.82, 2.24) is 0 Å². The van der Waals surface area contributed by atoms with Crippen LogP contribution in [0.25, 0.3) is 0 Å². The van der Waals surface area contributed by atoms with Crippen LogP contribution in [0.15, 0.2) is 24.3 Å². The molecule has 0 aromatic heterocycles. The van der Waals surface area contributed by atoms with Gasteiger partial charge in [-0.05, 0) is 31.6 Å². The van der Waals surface area contributed by atoms with E-state index in [1.54, 1.807) is 7.11 Å². The Kier molecular flexibility index (Phi) is 3.25. The number of carbonyl (C=O) groups is 1. The normalized spacial score (nSPS) is 41.7. The second kappa shape index (κ2) is 4.78. The van der Waals surface area contributed by atoms with Gasteiger partial charge in [-0.15, -0.1) is 0 Å². The van der Waals surface area contributed by atoms with Gasteiger partial charge in [-0.25, -0.2) is 0 Å². The van der Waals surface area contributed by atoms with Crippen molar-refractivity contribution in [2.45, 2.75) is 31.8 Å². The predicted octanol–water partition coefficient (Wildman–Crippen LogP) is 2.72. The summed E-state index contributed by atoms with van der Waals surface area (Å²) in [5, 5.41) is 0. The number of fused-ring (bicyclic) bond motifs is 3. The lowest BCUT2D eigenvalue weighted by atomic mass is 9.80. The van der Waals surface area contributed by atoms with Gasteiger partial charge in [0.15, 0.2) is 0 Å². The molecule has 1 heterocycles. The summed E-state index contributed by atoms with van der Waals surface area (Å²) in [4.78, 5) is 12.1. The minimum Gasteiger partial charge on any atom is -0.461 e. The van der Waals surface area contributed by atoms with Gasteiger partial charge < -0.3 is 9.47 Å². The van der Waals surface area contributed by atoms with Crippen LogP contribution in [0.1, 0.15) is 25.7 Å². The van der Waals surface area contributed by atoms with Gasteiger partial charge in [-0.3, -0.25) is 4.79 Å². The molecule has 0 amide bonds. The van der Waals surface area contributed by atoms with E-state index in [9.17, 15) is 4.79 Å². The molecule has 0 radical (unpaired) electrons. The summed E-state index contributed by atoms with van der Waals surface area (Å²) >= 11 is 0. The highest BCUT2D eigenvalue weighted by molar-refractivity contribution is 5.75. The monoisotopic (exact) mass is 262 g/mol.